The van der Waals surface area contributed by atoms with E-state index in [1.807, 2.05) is 6.82 Å². The van der Waals surface area contributed by atoms with E-state index in [1.165, 1.54) is 0 Å². The molecule has 0 aromatic rings. The highest BCUT2D eigenvalue weighted by Gasteiger charge is 2.33. The molecule has 3 aliphatic rings. The van der Waals surface area contributed by atoms with Gasteiger partial charge in [-0.25, -0.2) is 0 Å². The topological polar surface area (TPSA) is 55.4 Å². The second-order valence-electron chi connectivity index (χ2n) is 6.63. The number of ether oxygens (including phenoxy) is 4. The molecule has 0 radical (unpaired) electrons. The van der Waals surface area contributed by atoms with Crippen LogP contribution in [-0.2, 0) is 28.3 Å². The summed E-state index contributed by atoms with van der Waals surface area (Å²) in [4.78, 5) is 0. The summed E-state index contributed by atoms with van der Waals surface area (Å²) in [5.41, 5.74) is 0. The van der Waals surface area contributed by atoms with Crippen molar-refractivity contribution in [3.8, 4) is 0 Å². The molecule has 126 valence electrons. The van der Waals surface area contributed by atoms with Crippen LogP contribution in [0.5, 0.6) is 0 Å². The summed E-state index contributed by atoms with van der Waals surface area (Å²) < 4.78 is 34.0. The van der Waals surface area contributed by atoms with Crippen molar-refractivity contribution >= 4 is 7.12 Å². The number of rotatable bonds is 4. The second-order valence-corrected chi connectivity index (χ2v) is 6.63. The third kappa shape index (κ3) is 4.66. The van der Waals surface area contributed by atoms with E-state index in [2.05, 4.69) is 6.92 Å². The Labute approximate surface area is 132 Å². The molecule has 22 heavy (non-hydrogen) atoms. The zero-order chi connectivity index (χ0) is 15.4. The van der Waals surface area contributed by atoms with Gasteiger partial charge in [-0.1, -0.05) is 6.92 Å². The third-order valence-corrected chi connectivity index (χ3v) is 4.52. The normalized spacial score (nSPS) is 38.2. The highest BCUT2D eigenvalue weighted by Crippen LogP contribution is 2.25. The average Bonchev–Trinajstić information content (AvgIpc) is 2.56. The molecule has 0 amide bonds. The predicted octanol–water partition coefficient (Wildman–Crippen LogP) is 1.55. The lowest BCUT2D eigenvalue weighted by Gasteiger charge is -2.37. The van der Waals surface area contributed by atoms with Crippen LogP contribution in [-0.4, -0.2) is 59.3 Å². The molecule has 7 heteroatoms. The van der Waals surface area contributed by atoms with Crippen molar-refractivity contribution in [1.29, 1.82) is 0 Å². The zero-order valence-electron chi connectivity index (χ0n) is 13.6. The van der Waals surface area contributed by atoms with Crippen LogP contribution in [0.15, 0.2) is 0 Å². The average molecular weight is 314 g/mol. The van der Waals surface area contributed by atoms with Crippen molar-refractivity contribution in [2.45, 2.75) is 39.2 Å². The molecule has 0 saturated carbocycles. The standard InChI is InChI=1S/C15H27BO6/c1-11-5-17-14(18-6-11)3-4-15-19-7-12(8-20-15)13-9-21-16(2)22-10-13/h11-15H,3-10H2,1-2H3. The van der Waals surface area contributed by atoms with Gasteiger partial charge in [0.25, 0.3) is 0 Å². The first-order valence-electron chi connectivity index (χ1n) is 8.40. The molecular weight excluding hydrogens is 287 g/mol. The Bertz CT molecular complexity index is 320. The Morgan fingerprint density at radius 2 is 1.18 bits per heavy atom. The fourth-order valence-electron chi connectivity index (χ4n) is 2.96. The second kappa shape index (κ2) is 8.08. The first-order valence-corrected chi connectivity index (χ1v) is 8.40. The molecule has 0 N–H and O–H groups in total. The summed E-state index contributed by atoms with van der Waals surface area (Å²) in [5, 5.41) is 0. The van der Waals surface area contributed by atoms with Gasteiger partial charge in [0.15, 0.2) is 12.6 Å². The first-order chi connectivity index (χ1) is 10.7. The van der Waals surface area contributed by atoms with Crippen LogP contribution in [0, 0.1) is 17.8 Å². The Balaban J connectivity index is 1.32. The SMILES string of the molecule is CB1OCC(C2COC(CCC3OCC(C)CO3)OC2)CO1. The fraction of sp³-hybridized carbons (Fsp3) is 1.00. The van der Waals surface area contributed by atoms with Crippen LogP contribution >= 0.6 is 0 Å². The van der Waals surface area contributed by atoms with E-state index in [0.29, 0.717) is 31.0 Å². The van der Waals surface area contributed by atoms with Crippen molar-refractivity contribution in [2.75, 3.05) is 39.6 Å². The van der Waals surface area contributed by atoms with Crippen LogP contribution in [0.1, 0.15) is 19.8 Å². The van der Waals surface area contributed by atoms with E-state index in [4.69, 9.17) is 28.3 Å². The lowest BCUT2D eigenvalue weighted by molar-refractivity contribution is -0.235. The molecule has 0 atom stereocenters. The third-order valence-electron chi connectivity index (χ3n) is 4.52. The first kappa shape index (κ1) is 16.7. The van der Waals surface area contributed by atoms with Gasteiger partial charge in [-0.2, -0.15) is 0 Å². The van der Waals surface area contributed by atoms with Gasteiger partial charge >= 0.3 is 7.12 Å². The van der Waals surface area contributed by atoms with Crippen molar-refractivity contribution in [1.82, 2.24) is 0 Å². The molecule has 0 spiro atoms. The molecule has 0 unspecified atom stereocenters. The van der Waals surface area contributed by atoms with E-state index >= 15 is 0 Å². The molecule has 0 aliphatic carbocycles. The van der Waals surface area contributed by atoms with Crippen LogP contribution in [0.25, 0.3) is 0 Å². The fourth-order valence-corrected chi connectivity index (χ4v) is 2.96. The number of hydrogen-bond donors (Lipinski definition) is 0. The summed E-state index contributed by atoms with van der Waals surface area (Å²) in [5.74, 6) is 1.21. The Morgan fingerprint density at radius 3 is 1.73 bits per heavy atom. The molecule has 3 aliphatic heterocycles. The van der Waals surface area contributed by atoms with Crippen LogP contribution in [0.3, 0.4) is 0 Å². The van der Waals surface area contributed by atoms with Crippen molar-refractivity contribution in [3.63, 3.8) is 0 Å². The van der Waals surface area contributed by atoms with Gasteiger partial charge < -0.3 is 28.3 Å². The largest absolute Gasteiger partial charge is 0.453 e. The van der Waals surface area contributed by atoms with E-state index in [0.717, 1.165) is 39.3 Å². The molecule has 3 saturated heterocycles. The van der Waals surface area contributed by atoms with Gasteiger partial charge in [0, 0.05) is 43.8 Å². The summed E-state index contributed by atoms with van der Waals surface area (Å²) in [6, 6.07) is 0. The maximum Gasteiger partial charge on any atom is 0.453 e. The Kier molecular flexibility index (Phi) is 6.13. The van der Waals surface area contributed by atoms with Crippen LogP contribution in [0.4, 0.5) is 0 Å². The minimum atomic E-state index is -0.146. The molecule has 3 fully saturated rings. The van der Waals surface area contributed by atoms with Crippen LogP contribution in [0.2, 0.25) is 6.82 Å². The van der Waals surface area contributed by atoms with E-state index in [9.17, 15) is 0 Å². The summed E-state index contributed by atoms with van der Waals surface area (Å²) in [7, 11) is -0.0902. The van der Waals surface area contributed by atoms with Gasteiger partial charge in [-0.05, 0) is 6.82 Å². The van der Waals surface area contributed by atoms with Gasteiger partial charge in [0.05, 0.1) is 26.4 Å². The molecular formula is C15H27BO6. The van der Waals surface area contributed by atoms with Crippen molar-refractivity contribution in [3.05, 3.63) is 0 Å². The van der Waals surface area contributed by atoms with Gasteiger partial charge in [0.2, 0.25) is 0 Å². The molecule has 3 heterocycles. The quantitative estimate of drug-likeness (QED) is 0.734. The molecule has 6 nitrogen and oxygen atoms in total. The highest BCUT2D eigenvalue weighted by atomic mass is 16.7. The minimum Gasteiger partial charge on any atom is -0.411 e. The summed E-state index contributed by atoms with van der Waals surface area (Å²) in [6.07, 6.45) is 1.37. The summed E-state index contributed by atoms with van der Waals surface area (Å²) >= 11 is 0. The minimum absolute atomic E-state index is 0.0902. The monoisotopic (exact) mass is 314 g/mol. The predicted molar refractivity (Wildman–Crippen MR) is 80.3 cm³/mol. The lowest BCUT2D eigenvalue weighted by atomic mass is 9.87. The summed E-state index contributed by atoms with van der Waals surface area (Å²) in [6.45, 7) is 8.48. The van der Waals surface area contributed by atoms with Crippen LogP contribution < -0.4 is 0 Å². The van der Waals surface area contributed by atoms with Crippen molar-refractivity contribution in [2.24, 2.45) is 17.8 Å². The highest BCUT2D eigenvalue weighted by molar-refractivity contribution is 6.42. The van der Waals surface area contributed by atoms with E-state index in [1.54, 1.807) is 0 Å². The van der Waals surface area contributed by atoms with E-state index < -0.39 is 0 Å². The molecule has 0 bridgehead atoms. The van der Waals surface area contributed by atoms with Crippen molar-refractivity contribution < 1.29 is 28.3 Å². The van der Waals surface area contributed by atoms with Gasteiger partial charge in [0.1, 0.15) is 0 Å². The smallest absolute Gasteiger partial charge is 0.411 e. The van der Waals surface area contributed by atoms with Gasteiger partial charge in [-0.15, -0.1) is 0 Å². The Morgan fingerprint density at radius 1 is 0.727 bits per heavy atom. The zero-order valence-corrected chi connectivity index (χ0v) is 13.6. The maximum atomic E-state index is 5.84. The lowest BCUT2D eigenvalue weighted by Crippen LogP contribution is -2.44. The Hall–Kier alpha value is -0.175. The molecule has 0 aromatic heterocycles. The molecule has 0 aromatic carbocycles. The maximum absolute atomic E-state index is 5.84. The van der Waals surface area contributed by atoms with E-state index in [-0.39, 0.29) is 19.7 Å². The van der Waals surface area contributed by atoms with Gasteiger partial charge in [-0.3, -0.25) is 0 Å². The number of hydrogen-bond acceptors (Lipinski definition) is 6. The molecule has 3 rings (SSSR count).